The van der Waals surface area contributed by atoms with Crippen molar-refractivity contribution in [2.45, 2.75) is 24.8 Å². The number of rotatable bonds is 7. The van der Waals surface area contributed by atoms with Crippen molar-refractivity contribution < 1.29 is 22.7 Å². The summed E-state index contributed by atoms with van der Waals surface area (Å²) in [5.74, 6) is 5.31. The molecular weight excluding hydrogens is 426 g/mol. The Morgan fingerprint density at radius 3 is 2.17 bits per heavy atom. The van der Waals surface area contributed by atoms with E-state index in [9.17, 15) is 13.2 Å². The molecule has 160 valence electrons. The average molecular weight is 450 g/mol. The maximum Gasteiger partial charge on any atom is 0.324 e. The van der Waals surface area contributed by atoms with Gasteiger partial charge in [0.25, 0.3) is 0 Å². The van der Waals surface area contributed by atoms with E-state index in [-0.39, 0.29) is 17.4 Å². The molecular formula is C22H24ClNO5S. The third-order valence-electron chi connectivity index (χ3n) is 4.36. The second-order valence-corrected chi connectivity index (χ2v) is 9.07. The van der Waals surface area contributed by atoms with Gasteiger partial charge in [0.1, 0.15) is 11.8 Å². The SMILES string of the molecule is COC(=O)C(C(C)C)N(CC#Cc1ccc(Cl)cc1)S(=O)(=O)c1ccc(OC)cc1. The molecule has 30 heavy (non-hydrogen) atoms. The monoisotopic (exact) mass is 449 g/mol. The Bertz CT molecular complexity index is 1020. The molecule has 0 fully saturated rings. The van der Waals surface area contributed by atoms with Crippen LogP contribution in [0.3, 0.4) is 0 Å². The van der Waals surface area contributed by atoms with Gasteiger partial charge in [-0.15, -0.1) is 0 Å². The molecule has 8 heteroatoms. The van der Waals surface area contributed by atoms with E-state index in [4.69, 9.17) is 21.1 Å². The summed E-state index contributed by atoms with van der Waals surface area (Å²) in [6.45, 7) is 3.32. The van der Waals surface area contributed by atoms with Crippen molar-refractivity contribution in [3.8, 4) is 17.6 Å². The van der Waals surface area contributed by atoms with Crippen LogP contribution in [0.5, 0.6) is 5.75 Å². The van der Waals surface area contributed by atoms with Crippen LogP contribution in [0.25, 0.3) is 0 Å². The second-order valence-electron chi connectivity index (χ2n) is 6.75. The van der Waals surface area contributed by atoms with E-state index in [0.717, 1.165) is 4.31 Å². The van der Waals surface area contributed by atoms with Crippen molar-refractivity contribution in [2.75, 3.05) is 20.8 Å². The van der Waals surface area contributed by atoms with Crippen molar-refractivity contribution in [3.05, 3.63) is 59.1 Å². The number of carbonyl (C=O) groups is 1. The van der Waals surface area contributed by atoms with Gasteiger partial charge in [0, 0.05) is 10.6 Å². The molecule has 0 N–H and O–H groups in total. The van der Waals surface area contributed by atoms with Crippen LogP contribution in [0.4, 0.5) is 0 Å². The molecule has 0 amide bonds. The Labute approximate surface area is 182 Å². The predicted molar refractivity (Wildman–Crippen MR) is 116 cm³/mol. The van der Waals surface area contributed by atoms with Gasteiger partial charge in [-0.3, -0.25) is 4.79 Å². The lowest BCUT2D eigenvalue weighted by Gasteiger charge is -2.30. The number of esters is 1. The van der Waals surface area contributed by atoms with Crippen LogP contribution in [0, 0.1) is 17.8 Å². The van der Waals surface area contributed by atoms with Gasteiger partial charge in [-0.25, -0.2) is 8.42 Å². The van der Waals surface area contributed by atoms with Crippen molar-refractivity contribution in [3.63, 3.8) is 0 Å². The molecule has 0 saturated heterocycles. The Morgan fingerprint density at radius 2 is 1.67 bits per heavy atom. The van der Waals surface area contributed by atoms with E-state index >= 15 is 0 Å². The molecule has 2 aromatic rings. The predicted octanol–water partition coefficient (Wildman–Crippen LogP) is 3.59. The summed E-state index contributed by atoms with van der Waals surface area (Å²) < 4.78 is 37.8. The average Bonchev–Trinajstić information content (AvgIpc) is 2.73. The van der Waals surface area contributed by atoms with Gasteiger partial charge in [0.05, 0.1) is 25.7 Å². The number of ether oxygens (including phenoxy) is 2. The first-order chi connectivity index (χ1) is 14.2. The van der Waals surface area contributed by atoms with E-state index in [2.05, 4.69) is 11.8 Å². The van der Waals surface area contributed by atoms with Crippen LogP contribution in [-0.2, 0) is 19.6 Å². The van der Waals surface area contributed by atoms with Gasteiger partial charge in [0.15, 0.2) is 0 Å². The smallest absolute Gasteiger partial charge is 0.324 e. The molecule has 0 aliphatic heterocycles. The normalized spacial score (nSPS) is 12.2. The number of benzene rings is 2. The first-order valence-corrected chi connectivity index (χ1v) is 11.0. The van der Waals surface area contributed by atoms with E-state index in [1.165, 1.54) is 26.4 Å². The summed E-state index contributed by atoms with van der Waals surface area (Å²) in [5.41, 5.74) is 0.681. The van der Waals surface area contributed by atoms with Gasteiger partial charge in [-0.05, 0) is 54.4 Å². The standard InChI is InChI=1S/C22H24ClNO5S/c1-16(2)21(22(25)29-4)24(15-5-6-17-7-9-18(23)10-8-17)30(26,27)20-13-11-19(28-3)12-14-20/h7-14,16,21H,15H2,1-4H3. The summed E-state index contributed by atoms with van der Waals surface area (Å²) in [6, 6.07) is 11.8. The number of hydrogen-bond acceptors (Lipinski definition) is 5. The molecule has 2 aromatic carbocycles. The van der Waals surface area contributed by atoms with Gasteiger partial charge in [0.2, 0.25) is 10.0 Å². The van der Waals surface area contributed by atoms with Crippen LogP contribution >= 0.6 is 11.6 Å². The Balaban J connectivity index is 2.46. The molecule has 1 unspecified atom stereocenters. The number of methoxy groups -OCH3 is 2. The molecule has 1 atom stereocenters. The van der Waals surface area contributed by atoms with Crippen LogP contribution in [0.2, 0.25) is 5.02 Å². The van der Waals surface area contributed by atoms with Crippen molar-refractivity contribution >= 4 is 27.6 Å². The van der Waals surface area contributed by atoms with Gasteiger partial charge < -0.3 is 9.47 Å². The summed E-state index contributed by atoms with van der Waals surface area (Å²) in [7, 11) is -1.31. The second kappa shape index (κ2) is 10.5. The minimum absolute atomic E-state index is 0.0335. The van der Waals surface area contributed by atoms with Crippen molar-refractivity contribution in [1.82, 2.24) is 4.31 Å². The van der Waals surface area contributed by atoms with E-state index in [0.29, 0.717) is 16.3 Å². The van der Waals surface area contributed by atoms with Crippen molar-refractivity contribution in [2.24, 2.45) is 5.92 Å². The van der Waals surface area contributed by atoms with E-state index < -0.39 is 22.0 Å². The summed E-state index contributed by atoms with van der Waals surface area (Å²) in [5, 5.41) is 0.579. The summed E-state index contributed by atoms with van der Waals surface area (Å²) >= 11 is 5.88. The minimum Gasteiger partial charge on any atom is -0.497 e. The third kappa shape index (κ3) is 5.76. The van der Waals surface area contributed by atoms with Crippen LogP contribution < -0.4 is 4.74 Å². The molecule has 6 nitrogen and oxygen atoms in total. The first kappa shape index (κ1) is 23.7. The molecule has 0 aromatic heterocycles. The first-order valence-electron chi connectivity index (χ1n) is 9.19. The third-order valence-corrected chi connectivity index (χ3v) is 6.46. The zero-order valence-electron chi connectivity index (χ0n) is 17.3. The maximum absolute atomic E-state index is 13.4. The van der Waals surface area contributed by atoms with Gasteiger partial charge in [-0.2, -0.15) is 4.31 Å². The fourth-order valence-corrected chi connectivity index (χ4v) is 4.55. The zero-order valence-corrected chi connectivity index (χ0v) is 18.8. The highest BCUT2D eigenvalue weighted by molar-refractivity contribution is 7.89. The van der Waals surface area contributed by atoms with Gasteiger partial charge in [-0.1, -0.05) is 37.3 Å². The van der Waals surface area contributed by atoms with Crippen molar-refractivity contribution in [1.29, 1.82) is 0 Å². The number of nitrogens with zero attached hydrogens (tertiary/aromatic N) is 1. The van der Waals surface area contributed by atoms with E-state index in [1.54, 1.807) is 50.2 Å². The molecule has 2 rings (SSSR count). The highest BCUT2D eigenvalue weighted by Gasteiger charge is 2.38. The minimum atomic E-state index is -4.03. The molecule has 0 heterocycles. The Kier molecular flexibility index (Phi) is 8.30. The Hall–Kier alpha value is -2.53. The summed E-state index contributed by atoms with van der Waals surface area (Å²) in [6.07, 6.45) is 0. The zero-order chi connectivity index (χ0) is 22.3. The van der Waals surface area contributed by atoms with Crippen LogP contribution in [0.15, 0.2) is 53.4 Å². The number of carbonyl (C=O) groups excluding carboxylic acids is 1. The number of hydrogen-bond donors (Lipinski definition) is 0. The fourth-order valence-electron chi connectivity index (χ4n) is 2.81. The lowest BCUT2D eigenvalue weighted by atomic mass is 10.0. The molecule has 0 aliphatic rings. The molecule has 0 radical (unpaired) electrons. The highest BCUT2D eigenvalue weighted by atomic mass is 35.5. The maximum atomic E-state index is 13.4. The molecule has 0 saturated carbocycles. The van der Waals surface area contributed by atoms with E-state index in [1.807, 2.05) is 0 Å². The van der Waals surface area contributed by atoms with Crippen LogP contribution in [-0.4, -0.2) is 45.5 Å². The lowest BCUT2D eigenvalue weighted by molar-refractivity contribution is -0.146. The topological polar surface area (TPSA) is 72.9 Å². The quantitative estimate of drug-likeness (QED) is 0.477. The lowest BCUT2D eigenvalue weighted by Crippen LogP contribution is -2.48. The number of sulfonamides is 1. The molecule has 0 aliphatic carbocycles. The molecule has 0 bridgehead atoms. The number of halogens is 1. The van der Waals surface area contributed by atoms with Gasteiger partial charge >= 0.3 is 5.97 Å². The largest absolute Gasteiger partial charge is 0.497 e. The summed E-state index contributed by atoms with van der Waals surface area (Å²) in [4.78, 5) is 12.5. The fraction of sp³-hybridized carbons (Fsp3) is 0.318. The Morgan fingerprint density at radius 1 is 1.07 bits per heavy atom. The molecule has 0 spiro atoms. The highest BCUT2D eigenvalue weighted by Crippen LogP contribution is 2.24. The van der Waals surface area contributed by atoms with Crippen LogP contribution in [0.1, 0.15) is 19.4 Å².